The summed E-state index contributed by atoms with van der Waals surface area (Å²) < 4.78 is 28.2. The Morgan fingerprint density at radius 2 is 1.78 bits per heavy atom. The lowest BCUT2D eigenvalue weighted by Gasteiger charge is -2.29. The zero-order valence-corrected chi connectivity index (χ0v) is 15.0. The summed E-state index contributed by atoms with van der Waals surface area (Å²) in [5, 5.41) is 2.24. The molecule has 3 rings (SSSR count). The van der Waals surface area contributed by atoms with Crippen molar-refractivity contribution in [2.45, 2.75) is 23.8 Å². The number of halogens is 2. The highest BCUT2D eigenvalue weighted by Gasteiger charge is 2.25. The topological polar surface area (TPSA) is 49.4 Å². The molecule has 0 unspecified atom stereocenters. The molecule has 23 heavy (non-hydrogen) atoms. The van der Waals surface area contributed by atoms with E-state index >= 15 is 0 Å². The highest BCUT2D eigenvalue weighted by atomic mass is 35.5. The number of piperidine rings is 1. The molecule has 2 aromatic rings. The fourth-order valence-electron chi connectivity index (χ4n) is 2.85. The first-order chi connectivity index (χ1) is 10.9. The van der Waals surface area contributed by atoms with Crippen molar-refractivity contribution in [2.24, 2.45) is 0 Å². The summed E-state index contributed by atoms with van der Waals surface area (Å²) in [6.45, 7) is 1.77. The molecular weight excluding hydrogens is 355 g/mol. The molecule has 0 aromatic heterocycles. The first-order valence-corrected chi connectivity index (χ1v) is 9.69. The van der Waals surface area contributed by atoms with Gasteiger partial charge in [-0.1, -0.05) is 35.3 Å². The van der Waals surface area contributed by atoms with Crippen molar-refractivity contribution >= 4 is 44.0 Å². The van der Waals surface area contributed by atoms with Crippen LogP contribution in [0.1, 0.15) is 12.8 Å². The molecule has 7 heteroatoms. The van der Waals surface area contributed by atoms with Gasteiger partial charge >= 0.3 is 0 Å². The van der Waals surface area contributed by atoms with E-state index in [1.54, 1.807) is 24.3 Å². The first-order valence-electron chi connectivity index (χ1n) is 7.45. The lowest BCUT2D eigenvalue weighted by atomic mass is 10.1. The van der Waals surface area contributed by atoms with Crippen LogP contribution in [0, 0.1) is 0 Å². The van der Waals surface area contributed by atoms with Gasteiger partial charge in [0.25, 0.3) is 0 Å². The number of nitrogens with one attached hydrogen (secondary N) is 1. The molecule has 0 aliphatic carbocycles. The van der Waals surface area contributed by atoms with Gasteiger partial charge in [-0.05, 0) is 56.6 Å². The summed E-state index contributed by atoms with van der Waals surface area (Å²) in [4.78, 5) is 2.29. The van der Waals surface area contributed by atoms with Crippen molar-refractivity contribution in [1.82, 2.24) is 9.62 Å². The van der Waals surface area contributed by atoms with Gasteiger partial charge < -0.3 is 4.90 Å². The van der Waals surface area contributed by atoms with E-state index in [1.165, 1.54) is 0 Å². The second kappa shape index (κ2) is 6.57. The molecule has 0 radical (unpaired) electrons. The van der Waals surface area contributed by atoms with Crippen molar-refractivity contribution in [3.8, 4) is 0 Å². The van der Waals surface area contributed by atoms with Crippen molar-refractivity contribution < 1.29 is 8.42 Å². The maximum atomic E-state index is 12.7. The SMILES string of the molecule is CN1CCC(NS(=O)(=O)c2ccc3ccc(Cl)cc3c2Cl)CC1. The number of hydrogen-bond donors (Lipinski definition) is 1. The van der Waals surface area contributed by atoms with Gasteiger partial charge in [-0.3, -0.25) is 0 Å². The van der Waals surface area contributed by atoms with Crippen LogP contribution in [-0.2, 0) is 10.0 Å². The molecule has 4 nitrogen and oxygen atoms in total. The Morgan fingerprint density at radius 1 is 1.13 bits per heavy atom. The Balaban J connectivity index is 1.93. The standard InChI is InChI=1S/C16H18Cl2N2O2S/c1-20-8-6-13(7-9-20)19-23(21,22)15-5-3-11-2-4-12(17)10-14(11)16(15)18/h2-5,10,13,19H,6-9H2,1H3. The number of likely N-dealkylation sites (tertiary alicyclic amines) is 1. The molecule has 124 valence electrons. The van der Waals surface area contributed by atoms with Gasteiger partial charge in [0.2, 0.25) is 10.0 Å². The van der Waals surface area contributed by atoms with Gasteiger partial charge in [-0.2, -0.15) is 0 Å². The average molecular weight is 373 g/mol. The number of fused-ring (bicyclic) bond motifs is 1. The zero-order valence-electron chi connectivity index (χ0n) is 12.7. The number of rotatable bonds is 3. The van der Waals surface area contributed by atoms with Crippen LogP contribution >= 0.6 is 23.2 Å². The fourth-order valence-corrected chi connectivity index (χ4v) is 4.95. The molecule has 1 aliphatic rings. The molecule has 1 aliphatic heterocycles. The summed E-state index contributed by atoms with van der Waals surface area (Å²) >= 11 is 12.4. The Morgan fingerprint density at radius 3 is 2.48 bits per heavy atom. The minimum atomic E-state index is -3.66. The van der Waals surface area contributed by atoms with Gasteiger partial charge in [0.1, 0.15) is 4.90 Å². The summed E-state index contributed by atoms with van der Waals surface area (Å²) in [5.41, 5.74) is 0. The summed E-state index contributed by atoms with van der Waals surface area (Å²) in [5.74, 6) is 0. The summed E-state index contributed by atoms with van der Waals surface area (Å²) in [6, 6.07) is 8.52. The molecule has 1 saturated heterocycles. The van der Waals surface area contributed by atoms with E-state index in [9.17, 15) is 8.42 Å². The number of sulfonamides is 1. The van der Waals surface area contributed by atoms with Crippen molar-refractivity contribution in [2.75, 3.05) is 20.1 Å². The van der Waals surface area contributed by atoms with Gasteiger partial charge in [0.15, 0.2) is 0 Å². The van der Waals surface area contributed by atoms with Crippen molar-refractivity contribution in [1.29, 1.82) is 0 Å². The Hall–Kier alpha value is -0.850. The van der Waals surface area contributed by atoms with E-state index in [0.29, 0.717) is 10.4 Å². The molecular formula is C16H18Cl2N2O2S. The smallest absolute Gasteiger partial charge is 0.242 e. The van der Waals surface area contributed by atoms with E-state index < -0.39 is 10.0 Å². The van der Waals surface area contributed by atoms with E-state index in [0.717, 1.165) is 31.3 Å². The van der Waals surface area contributed by atoms with E-state index in [2.05, 4.69) is 9.62 Å². The predicted molar refractivity (Wildman–Crippen MR) is 94.8 cm³/mol. The molecule has 0 saturated carbocycles. The molecule has 2 aromatic carbocycles. The lowest BCUT2D eigenvalue weighted by Crippen LogP contribution is -2.43. The normalized spacial score (nSPS) is 17.7. The van der Waals surface area contributed by atoms with Crippen molar-refractivity contribution in [3.05, 3.63) is 40.4 Å². The van der Waals surface area contributed by atoms with Crippen LogP contribution < -0.4 is 4.72 Å². The third kappa shape index (κ3) is 3.64. The Labute approximate surface area is 146 Å². The van der Waals surface area contributed by atoms with Gasteiger partial charge in [-0.15, -0.1) is 0 Å². The summed E-state index contributed by atoms with van der Waals surface area (Å²) in [7, 11) is -1.62. The number of hydrogen-bond acceptors (Lipinski definition) is 3. The van der Waals surface area contributed by atoms with E-state index in [1.807, 2.05) is 13.1 Å². The molecule has 1 fully saturated rings. The Bertz CT molecular complexity index is 831. The van der Waals surface area contributed by atoms with E-state index in [4.69, 9.17) is 23.2 Å². The van der Waals surface area contributed by atoms with E-state index in [-0.39, 0.29) is 16.0 Å². The van der Waals surface area contributed by atoms with Crippen LogP contribution in [0.15, 0.2) is 35.2 Å². The van der Waals surface area contributed by atoms with Crippen LogP contribution in [0.3, 0.4) is 0 Å². The molecule has 0 spiro atoms. The van der Waals surface area contributed by atoms with Crippen LogP contribution in [0.2, 0.25) is 10.0 Å². The number of nitrogens with zero attached hydrogens (tertiary/aromatic N) is 1. The van der Waals surface area contributed by atoms with Gasteiger partial charge in [0.05, 0.1) is 5.02 Å². The Kier molecular flexibility index (Phi) is 4.85. The highest BCUT2D eigenvalue weighted by molar-refractivity contribution is 7.89. The lowest BCUT2D eigenvalue weighted by molar-refractivity contribution is 0.248. The molecule has 0 bridgehead atoms. The second-order valence-electron chi connectivity index (χ2n) is 5.94. The third-order valence-electron chi connectivity index (χ3n) is 4.21. The second-order valence-corrected chi connectivity index (χ2v) is 8.44. The number of benzene rings is 2. The zero-order chi connectivity index (χ0) is 16.6. The minimum absolute atomic E-state index is 0.0534. The third-order valence-corrected chi connectivity index (χ3v) is 6.53. The maximum absolute atomic E-state index is 12.7. The largest absolute Gasteiger partial charge is 0.306 e. The van der Waals surface area contributed by atoms with Crippen molar-refractivity contribution in [3.63, 3.8) is 0 Å². The maximum Gasteiger partial charge on any atom is 0.242 e. The predicted octanol–water partition coefficient (Wildman–Crippen LogP) is 3.52. The fraction of sp³-hybridized carbons (Fsp3) is 0.375. The first kappa shape index (κ1) is 17.0. The quantitative estimate of drug-likeness (QED) is 0.896. The monoisotopic (exact) mass is 372 g/mol. The van der Waals surface area contributed by atoms with Gasteiger partial charge in [0, 0.05) is 16.5 Å². The average Bonchev–Trinajstić information content (AvgIpc) is 2.50. The molecule has 0 amide bonds. The minimum Gasteiger partial charge on any atom is -0.306 e. The molecule has 1 heterocycles. The summed E-state index contributed by atoms with van der Waals surface area (Å²) in [6.07, 6.45) is 1.60. The van der Waals surface area contributed by atoms with Crippen LogP contribution in [-0.4, -0.2) is 39.5 Å². The molecule has 1 N–H and O–H groups in total. The van der Waals surface area contributed by atoms with Crippen LogP contribution in [0.4, 0.5) is 0 Å². The highest BCUT2D eigenvalue weighted by Crippen LogP contribution is 2.32. The van der Waals surface area contributed by atoms with Crippen LogP contribution in [0.5, 0.6) is 0 Å². The van der Waals surface area contributed by atoms with Gasteiger partial charge in [-0.25, -0.2) is 13.1 Å². The molecule has 0 atom stereocenters. The van der Waals surface area contributed by atoms with Crippen LogP contribution in [0.25, 0.3) is 10.8 Å².